The number of halogens is 3. The number of alkyl halides is 3. The van der Waals surface area contributed by atoms with Crippen molar-refractivity contribution in [3.05, 3.63) is 84.1 Å². The third-order valence-corrected chi connectivity index (χ3v) is 7.66. The van der Waals surface area contributed by atoms with E-state index in [9.17, 15) is 18.0 Å². The van der Waals surface area contributed by atoms with E-state index >= 15 is 0 Å². The van der Waals surface area contributed by atoms with Crippen molar-refractivity contribution in [2.45, 2.75) is 32.9 Å². The monoisotopic (exact) mass is 591 g/mol. The molecule has 1 saturated heterocycles. The van der Waals surface area contributed by atoms with E-state index < -0.39 is 6.36 Å². The number of fused-ring (bicyclic) bond motifs is 3. The number of carbonyl (C=O) groups excluding carboxylic acids is 1. The van der Waals surface area contributed by atoms with E-state index in [2.05, 4.69) is 33.8 Å². The van der Waals surface area contributed by atoms with Gasteiger partial charge in [0.1, 0.15) is 17.3 Å². The summed E-state index contributed by atoms with van der Waals surface area (Å²) >= 11 is 1.35. The highest BCUT2D eigenvalue weighted by Crippen LogP contribution is 2.38. The maximum Gasteiger partial charge on any atom is 0.573 e. The van der Waals surface area contributed by atoms with Crippen LogP contribution >= 0.6 is 11.8 Å². The number of aromatic nitrogens is 2. The Morgan fingerprint density at radius 3 is 2.64 bits per heavy atom. The first-order valence-corrected chi connectivity index (χ1v) is 14.0. The van der Waals surface area contributed by atoms with Gasteiger partial charge in [0, 0.05) is 5.56 Å². The van der Waals surface area contributed by atoms with Gasteiger partial charge in [-0.25, -0.2) is 4.98 Å². The first-order chi connectivity index (χ1) is 20.2. The molecule has 0 aliphatic carbocycles. The molecule has 42 heavy (non-hydrogen) atoms. The van der Waals surface area contributed by atoms with Gasteiger partial charge in [0.05, 0.1) is 35.1 Å². The van der Waals surface area contributed by atoms with Crippen LogP contribution in [0, 0.1) is 0 Å². The molecule has 1 fully saturated rings. The second-order valence-corrected chi connectivity index (χ2v) is 10.8. The van der Waals surface area contributed by atoms with E-state index in [1.165, 1.54) is 23.9 Å². The van der Waals surface area contributed by atoms with Crippen molar-refractivity contribution < 1.29 is 27.4 Å². The normalized spacial score (nSPS) is 15.8. The number of para-hydroxylation sites is 1. The highest BCUT2D eigenvalue weighted by Gasteiger charge is 2.32. The molecule has 3 aromatic carbocycles. The standard InChI is InChI=1S/C30H24F3N5O3S/c1-18(2)22-5-3-4-6-24(22)38-27(39)16-42-29(38)36-35-14-19-7-12-23-26(13-19)40-17-37-25(15-34-28(23)37)20-8-10-21(11-9-20)41-30(31,32)33/h3-15,18H,16-17H2,1-2H3/b35-14+,36-29-. The summed E-state index contributed by atoms with van der Waals surface area (Å²) in [5.41, 5.74) is 4.77. The summed E-state index contributed by atoms with van der Waals surface area (Å²) in [6.45, 7) is 4.34. The van der Waals surface area contributed by atoms with Crippen LogP contribution in [0.5, 0.6) is 11.5 Å². The fourth-order valence-corrected chi connectivity index (χ4v) is 5.65. The van der Waals surface area contributed by atoms with Gasteiger partial charge < -0.3 is 9.47 Å². The molecule has 0 unspecified atom stereocenters. The molecule has 1 amide bonds. The van der Waals surface area contributed by atoms with Crippen LogP contribution in [0.3, 0.4) is 0 Å². The predicted octanol–water partition coefficient (Wildman–Crippen LogP) is 7.06. The largest absolute Gasteiger partial charge is 0.573 e. The Hall–Kier alpha value is -4.58. The van der Waals surface area contributed by atoms with Gasteiger partial charge >= 0.3 is 6.36 Å². The van der Waals surface area contributed by atoms with E-state index in [1.54, 1.807) is 29.4 Å². The third-order valence-electron chi connectivity index (χ3n) is 6.75. The molecule has 2 aliphatic heterocycles. The van der Waals surface area contributed by atoms with Crippen molar-refractivity contribution in [3.63, 3.8) is 0 Å². The van der Waals surface area contributed by atoms with Crippen LogP contribution in [0.4, 0.5) is 18.9 Å². The van der Waals surface area contributed by atoms with Crippen LogP contribution < -0.4 is 14.4 Å². The second-order valence-electron chi connectivity index (χ2n) is 9.85. The number of benzene rings is 3. The van der Waals surface area contributed by atoms with Crippen LogP contribution in [0.25, 0.3) is 22.6 Å². The molecule has 4 aromatic rings. The highest BCUT2D eigenvalue weighted by molar-refractivity contribution is 8.15. The smallest absolute Gasteiger partial charge is 0.472 e. The van der Waals surface area contributed by atoms with Gasteiger partial charge in [0.2, 0.25) is 5.91 Å². The minimum absolute atomic E-state index is 0.0373. The maximum absolute atomic E-state index is 12.7. The van der Waals surface area contributed by atoms with Gasteiger partial charge in [-0.2, -0.15) is 5.10 Å². The molecule has 0 saturated carbocycles. The third kappa shape index (κ3) is 5.49. The zero-order valence-electron chi connectivity index (χ0n) is 22.5. The summed E-state index contributed by atoms with van der Waals surface area (Å²) in [7, 11) is 0. The lowest BCUT2D eigenvalue weighted by Crippen LogP contribution is -2.30. The SMILES string of the molecule is CC(C)c1ccccc1N1C(=O)CS/C1=N\N=C\c1ccc2c(c1)OCn1c(-c3ccc(OC(F)(F)F)cc3)cnc1-2. The molecule has 0 spiro atoms. The number of nitrogens with zero attached hydrogens (tertiary/aromatic N) is 5. The van der Waals surface area contributed by atoms with E-state index in [4.69, 9.17) is 4.74 Å². The minimum Gasteiger partial charge on any atom is -0.472 e. The Morgan fingerprint density at radius 2 is 1.88 bits per heavy atom. The lowest BCUT2D eigenvalue weighted by Gasteiger charge is -2.21. The van der Waals surface area contributed by atoms with Crippen molar-refractivity contribution in [1.82, 2.24) is 9.55 Å². The van der Waals surface area contributed by atoms with E-state index in [0.29, 0.717) is 33.8 Å². The number of hydrogen-bond donors (Lipinski definition) is 0. The second kappa shape index (κ2) is 11.0. The number of ether oxygens (including phenoxy) is 2. The minimum atomic E-state index is -4.75. The van der Waals surface area contributed by atoms with Gasteiger partial charge in [0.15, 0.2) is 11.9 Å². The van der Waals surface area contributed by atoms with Gasteiger partial charge in [-0.1, -0.05) is 49.9 Å². The number of thioether (sulfide) groups is 1. The quantitative estimate of drug-likeness (QED) is 0.177. The summed E-state index contributed by atoms with van der Waals surface area (Å²) in [5, 5.41) is 9.15. The predicted molar refractivity (Wildman–Crippen MR) is 156 cm³/mol. The van der Waals surface area contributed by atoms with Crippen LogP contribution in [-0.2, 0) is 11.5 Å². The number of imidazole rings is 1. The summed E-state index contributed by atoms with van der Waals surface area (Å²) in [4.78, 5) is 18.9. The van der Waals surface area contributed by atoms with Crippen molar-refractivity contribution in [2.75, 3.05) is 10.7 Å². The van der Waals surface area contributed by atoms with Crippen LogP contribution in [0.2, 0.25) is 0 Å². The number of amides is 1. The first kappa shape index (κ1) is 27.6. The average molecular weight is 592 g/mol. The fraction of sp³-hybridized carbons (Fsp3) is 0.200. The Bertz CT molecular complexity index is 1710. The van der Waals surface area contributed by atoms with Crippen LogP contribution in [0.1, 0.15) is 30.9 Å². The van der Waals surface area contributed by atoms with E-state index in [-0.39, 0.29) is 24.3 Å². The van der Waals surface area contributed by atoms with Crippen molar-refractivity contribution in [1.29, 1.82) is 0 Å². The molecular formula is C30H24F3N5O3S. The van der Waals surface area contributed by atoms with Crippen LogP contribution in [-0.4, -0.2) is 39.0 Å². The number of hydrogen-bond acceptors (Lipinski definition) is 7. The molecule has 0 N–H and O–H groups in total. The summed E-state index contributed by atoms with van der Waals surface area (Å²) in [6.07, 6.45) is -1.49. The molecule has 1 aromatic heterocycles. The molecule has 3 heterocycles. The number of anilines is 1. The number of rotatable bonds is 6. The van der Waals surface area contributed by atoms with Gasteiger partial charge in [-0.05, 0) is 59.5 Å². The Labute approximate surface area is 243 Å². The molecule has 0 atom stereocenters. The molecule has 214 valence electrons. The van der Waals surface area contributed by atoms with E-state index in [0.717, 1.165) is 22.4 Å². The molecule has 0 bridgehead atoms. The maximum atomic E-state index is 12.7. The van der Waals surface area contributed by atoms with Gasteiger partial charge in [0.25, 0.3) is 0 Å². The average Bonchev–Trinajstić information content (AvgIpc) is 3.56. The molecule has 8 nitrogen and oxygen atoms in total. The lowest BCUT2D eigenvalue weighted by molar-refractivity contribution is -0.274. The molecular weight excluding hydrogens is 567 g/mol. The van der Waals surface area contributed by atoms with Crippen molar-refractivity contribution >= 4 is 34.7 Å². The van der Waals surface area contributed by atoms with Crippen LogP contribution in [0.15, 0.2) is 83.1 Å². The van der Waals surface area contributed by atoms with Crippen molar-refractivity contribution in [3.8, 4) is 34.1 Å². The molecule has 2 aliphatic rings. The zero-order chi connectivity index (χ0) is 29.4. The summed E-state index contributed by atoms with van der Waals surface area (Å²) in [6, 6.07) is 19.0. The highest BCUT2D eigenvalue weighted by atomic mass is 32.2. The number of amidine groups is 1. The Kier molecular flexibility index (Phi) is 7.23. The van der Waals surface area contributed by atoms with E-state index in [1.807, 2.05) is 47.0 Å². The Balaban J connectivity index is 1.21. The van der Waals surface area contributed by atoms with Gasteiger partial charge in [-0.15, -0.1) is 18.3 Å². The molecule has 0 radical (unpaired) electrons. The van der Waals surface area contributed by atoms with Crippen molar-refractivity contribution in [2.24, 2.45) is 10.2 Å². The van der Waals surface area contributed by atoms with Gasteiger partial charge in [-0.3, -0.25) is 14.3 Å². The summed E-state index contributed by atoms with van der Waals surface area (Å²) < 4.78 is 49.3. The zero-order valence-corrected chi connectivity index (χ0v) is 23.3. The number of carbonyl (C=O) groups is 1. The Morgan fingerprint density at radius 1 is 1.10 bits per heavy atom. The first-order valence-electron chi connectivity index (χ1n) is 13.0. The molecule has 12 heteroatoms. The lowest BCUT2D eigenvalue weighted by atomic mass is 10.0. The summed E-state index contributed by atoms with van der Waals surface area (Å²) in [5.74, 6) is 1.49. The topological polar surface area (TPSA) is 81.3 Å². The fourth-order valence-electron chi connectivity index (χ4n) is 4.83. The molecule has 6 rings (SSSR count).